The molecule has 3 amide bonds. The van der Waals surface area contributed by atoms with Gasteiger partial charge in [-0.1, -0.05) is 61.2 Å². The van der Waals surface area contributed by atoms with Crippen molar-refractivity contribution < 1.29 is 23.9 Å². The van der Waals surface area contributed by atoms with Gasteiger partial charge in [0.25, 0.3) is 5.91 Å². The zero-order valence-electron chi connectivity index (χ0n) is 22.4. The van der Waals surface area contributed by atoms with Crippen molar-refractivity contribution in [2.45, 2.75) is 38.1 Å². The number of hydrazone groups is 1. The first-order chi connectivity index (χ1) is 20.4. The molecular weight excluding hydrogens is 576 g/mol. The molecule has 1 aliphatic carbocycles. The number of nitrogens with zero attached hydrogens (tertiary/aromatic N) is 1. The quantitative estimate of drug-likeness (QED) is 0.0795. The number of carbonyl (C=O) groups is 4. The van der Waals surface area contributed by atoms with Crippen LogP contribution in [0.15, 0.2) is 77.9 Å². The molecule has 0 radical (unpaired) electrons. The summed E-state index contributed by atoms with van der Waals surface area (Å²) in [5.74, 6) is -2.52. The van der Waals surface area contributed by atoms with Crippen molar-refractivity contribution in [3.8, 4) is 5.75 Å². The number of rotatable bonds is 7. The Morgan fingerprint density at radius 1 is 0.881 bits per heavy atom. The SMILES string of the molecule is O=C(NN=Cc1ccc(OC(=O)c2sc3ccccc3c2Cl)cc1)C(=O)Nc1ccccc1C(=O)NC1CCCCC1. The van der Waals surface area contributed by atoms with Crippen molar-refractivity contribution >= 4 is 68.6 Å². The molecule has 5 rings (SSSR count). The van der Waals surface area contributed by atoms with Crippen LogP contribution in [0, 0.1) is 0 Å². The van der Waals surface area contributed by atoms with Crippen LogP contribution in [0.1, 0.15) is 57.7 Å². The lowest BCUT2D eigenvalue weighted by Gasteiger charge is -2.23. The van der Waals surface area contributed by atoms with Crippen LogP contribution >= 0.6 is 22.9 Å². The van der Waals surface area contributed by atoms with E-state index in [1.54, 1.807) is 48.5 Å². The normalized spacial score (nSPS) is 13.5. The number of thiophene rings is 1. The Kier molecular flexibility index (Phi) is 9.25. The molecule has 214 valence electrons. The second-order valence-electron chi connectivity index (χ2n) is 9.71. The molecule has 1 saturated carbocycles. The molecule has 9 nitrogen and oxygen atoms in total. The number of hydrogen-bond donors (Lipinski definition) is 3. The molecular formula is C31H27ClN4O5S. The minimum Gasteiger partial charge on any atom is -0.422 e. The van der Waals surface area contributed by atoms with Crippen molar-refractivity contribution in [1.82, 2.24) is 10.7 Å². The number of carbonyl (C=O) groups excluding carboxylic acids is 4. The lowest BCUT2D eigenvalue weighted by Crippen LogP contribution is -2.37. The molecule has 0 spiro atoms. The van der Waals surface area contributed by atoms with Crippen LogP contribution in [0.2, 0.25) is 5.02 Å². The highest BCUT2D eigenvalue weighted by molar-refractivity contribution is 7.21. The van der Waals surface area contributed by atoms with Gasteiger partial charge in [0.15, 0.2) is 0 Å². The van der Waals surface area contributed by atoms with Crippen molar-refractivity contribution in [2.24, 2.45) is 5.10 Å². The Morgan fingerprint density at radius 3 is 2.36 bits per heavy atom. The Bertz CT molecular complexity index is 1660. The van der Waals surface area contributed by atoms with E-state index in [4.69, 9.17) is 16.3 Å². The van der Waals surface area contributed by atoms with Crippen LogP contribution in [0.3, 0.4) is 0 Å². The van der Waals surface area contributed by atoms with E-state index in [2.05, 4.69) is 21.2 Å². The lowest BCUT2D eigenvalue weighted by atomic mass is 9.95. The summed E-state index contributed by atoms with van der Waals surface area (Å²) in [6.07, 6.45) is 6.51. The molecule has 0 saturated heterocycles. The van der Waals surface area contributed by atoms with Crippen LogP contribution in [-0.2, 0) is 9.59 Å². The Morgan fingerprint density at radius 2 is 1.60 bits per heavy atom. The van der Waals surface area contributed by atoms with E-state index < -0.39 is 17.8 Å². The monoisotopic (exact) mass is 602 g/mol. The maximum Gasteiger partial charge on any atom is 0.355 e. The van der Waals surface area contributed by atoms with Gasteiger partial charge in [-0.15, -0.1) is 11.3 Å². The van der Waals surface area contributed by atoms with Crippen LogP contribution < -0.4 is 20.8 Å². The van der Waals surface area contributed by atoms with Gasteiger partial charge in [-0.05, 0) is 60.9 Å². The molecule has 0 aliphatic heterocycles. The standard InChI is InChI=1S/C31H27ClN4O5S/c32-26-23-11-5-7-13-25(23)42-27(26)31(40)41-21-16-14-19(15-17-21)18-33-36-30(39)29(38)35-24-12-6-4-10-22(24)28(37)34-20-8-2-1-3-9-20/h4-7,10-18,20H,1-3,8-9H2,(H,34,37)(H,35,38)(H,36,39). The van der Waals surface area contributed by atoms with Crippen molar-refractivity contribution in [2.75, 3.05) is 5.32 Å². The van der Waals surface area contributed by atoms with Gasteiger partial charge in [0, 0.05) is 16.1 Å². The molecule has 0 unspecified atom stereocenters. The maximum atomic E-state index is 12.8. The fourth-order valence-electron chi connectivity index (χ4n) is 4.62. The minimum absolute atomic E-state index is 0.105. The van der Waals surface area contributed by atoms with E-state index in [-0.39, 0.29) is 23.2 Å². The van der Waals surface area contributed by atoms with E-state index >= 15 is 0 Å². The summed E-state index contributed by atoms with van der Waals surface area (Å²) in [5.41, 5.74) is 3.27. The number of amides is 3. The predicted octanol–water partition coefficient (Wildman–Crippen LogP) is 5.93. The summed E-state index contributed by atoms with van der Waals surface area (Å²) in [6.45, 7) is 0. The van der Waals surface area contributed by atoms with Gasteiger partial charge >= 0.3 is 17.8 Å². The summed E-state index contributed by atoms with van der Waals surface area (Å²) in [7, 11) is 0. The largest absolute Gasteiger partial charge is 0.422 e. The number of anilines is 1. The molecule has 0 atom stereocenters. The molecule has 42 heavy (non-hydrogen) atoms. The van der Waals surface area contributed by atoms with Crippen LogP contribution in [-0.4, -0.2) is 35.9 Å². The van der Waals surface area contributed by atoms with Crippen molar-refractivity contribution in [1.29, 1.82) is 0 Å². The number of ether oxygens (including phenoxy) is 1. The number of fused-ring (bicyclic) bond motifs is 1. The van der Waals surface area contributed by atoms with E-state index in [1.165, 1.54) is 24.0 Å². The van der Waals surface area contributed by atoms with Crippen LogP contribution in [0.25, 0.3) is 10.1 Å². The first-order valence-electron chi connectivity index (χ1n) is 13.4. The minimum atomic E-state index is -1.00. The highest BCUT2D eigenvalue weighted by Gasteiger charge is 2.21. The number of benzene rings is 3. The number of halogens is 1. The second-order valence-corrected chi connectivity index (χ2v) is 11.1. The maximum absolute atomic E-state index is 12.8. The third-order valence-electron chi connectivity index (χ3n) is 6.76. The van der Waals surface area contributed by atoms with Gasteiger partial charge in [0.1, 0.15) is 10.6 Å². The van der Waals surface area contributed by atoms with E-state index in [9.17, 15) is 19.2 Å². The van der Waals surface area contributed by atoms with Crippen LogP contribution in [0.4, 0.5) is 5.69 Å². The van der Waals surface area contributed by atoms with E-state index in [0.717, 1.165) is 35.8 Å². The molecule has 1 fully saturated rings. The zero-order valence-corrected chi connectivity index (χ0v) is 24.0. The second kappa shape index (κ2) is 13.4. The van der Waals surface area contributed by atoms with E-state index in [1.807, 2.05) is 24.3 Å². The smallest absolute Gasteiger partial charge is 0.355 e. The predicted molar refractivity (Wildman–Crippen MR) is 163 cm³/mol. The van der Waals surface area contributed by atoms with Gasteiger partial charge < -0.3 is 15.4 Å². The zero-order chi connectivity index (χ0) is 29.5. The van der Waals surface area contributed by atoms with Gasteiger partial charge in [-0.25, -0.2) is 10.2 Å². The molecule has 1 aromatic heterocycles. The molecule has 1 heterocycles. The molecule has 11 heteroatoms. The molecule has 4 aromatic rings. The average molecular weight is 603 g/mol. The number of para-hydroxylation sites is 1. The lowest BCUT2D eigenvalue weighted by molar-refractivity contribution is -0.136. The summed E-state index contributed by atoms with van der Waals surface area (Å²) in [5, 5.41) is 10.5. The van der Waals surface area contributed by atoms with Gasteiger partial charge in [0.05, 0.1) is 22.5 Å². The fourth-order valence-corrected chi connectivity index (χ4v) is 6.00. The summed E-state index contributed by atoms with van der Waals surface area (Å²) in [6, 6.07) is 20.5. The van der Waals surface area contributed by atoms with Crippen LogP contribution in [0.5, 0.6) is 5.75 Å². The summed E-state index contributed by atoms with van der Waals surface area (Å²) < 4.78 is 6.35. The highest BCUT2D eigenvalue weighted by atomic mass is 35.5. The van der Waals surface area contributed by atoms with Crippen molar-refractivity contribution in [3.05, 3.63) is 93.8 Å². The molecule has 3 N–H and O–H groups in total. The first kappa shape index (κ1) is 29.0. The summed E-state index contributed by atoms with van der Waals surface area (Å²) in [4.78, 5) is 50.6. The Labute approximate surface area is 250 Å². The highest BCUT2D eigenvalue weighted by Crippen LogP contribution is 2.35. The Hall–Kier alpha value is -4.54. The third kappa shape index (κ3) is 7.02. The third-order valence-corrected chi connectivity index (χ3v) is 8.41. The topological polar surface area (TPSA) is 126 Å². The average Bonchev–Trinajstić information content (AvgIpc) is 3.35. The van der Waals surface area contributed by atoms with Crippen molar-refractivity contribution in [3.63, 3.8) is 0 Å². The first-order valence-corrected chi connectivity index (χ1v) is 14.6. The fraction of sp³-hybridized carbons (Fsp3) is 0.194. The molecule has 1 aliphatic rings. The number of esters is 1. The summed E-state index contributed by atoms with van der Waals surface area (Å²) >= 11 is 7.62. The molecule has 3 aromatic carbocycles. The van der Waals surface area contributed by atoms with Gasteiger partial charge in [-0.2, -0.15) is 5.10 Å². The number of hydrogen-bond acceptors (Lipinski definition) is 7. The van der Waals surface area contributed by atoms with Gasteiger partial charge in [0.2, 0.25) is 0 Å². The van der Waals surface area contributed by atoms with E-state index in [0.29, 0.717) is 21.2 Å². The molecule has 0 bridgehead atoms. The Balaban J connectivity index is 1.13. The van der Waals surface area contributed by atoms with Gasteiger partial charge in [-0.3, -0.25) is 14.4 Å². The number of nitrogens with one attached hydrogen (secondary N) is 3.